The fourth-order valence-electron chi connectivity index (χ4n) is 4.68. The standard InChI is InChI=1S/C29H29NP2/c1-5-13-25(14-6-1)31(26-15-7-2-8-16-26)23-24-21-29(22-30-24)32(27-17-9-3-10-18-27)28-19-11-4-12-20-28/h1-20,24,29-30H,21-23H2/t24-,29+/m0/s1. The first-order valence-electron chi connectivity index (χ1n) is 11.4. The Balaban J connectivity index is 1.38. The van der Waals surface area contributed by atoms with E-state index in [0.717, 1.165) is 6.54 Å². The molecule has 4 aromatic carbocycles. The van der Waals surface area contributed by atoms with E-state index in [9.17, 15) is 0 Å². The summed E-state index contributed by atoms with van der Waals surface area (Å²) < 4.78 is 0. The normalized spacial score (nSPS) is 18.3. The molecule has 3 heteroatoms. The summed E-state index contributed by atoms with van der Waals surface area (Å²) in [5.41, 5.74) is 0.670. The number of benzene rings is 4. The summed E-state index contributed by atoms with van der Waals surface area (Å²) in [6.07, 6.45) is 2.45. The van der Waals surface area contributed by atoms with Gasteiger partial charge in [0.2, 0.25) is 0 Å². The fraction of sp³-hybridized carbons (Fsp3) is 0.172. The average Bonchev–Trinajstić information content (AvgIpc) is 3.33. The van der Waals surface area contributed by atoms with Crippen molar-refractivity contribution in [3.63, 3.8) is 0 Å². The number of hydrogen-bond acceptors (Lipinski definition) is 1. The molecule has 0 amide bonds. The van der Waals surface area contributed by atoms with E-state index in [-0.39, 0.29) is 15.8 Å². The summed E-state index contributed by atoms with van der Waals surface area (Å²) in [5.74, 6) is 0. The van der Waals surface area contributed by atoms with E-state index in [2.05, 4.69) is 127 Å². The van der Waals surface area contributed by atoms with Crippen LogP contribution in [0.4, 0.5) is 0 Å². The van der Waals surface area contributed by atoms with Crippen LogP contribution in [0, 0.1) is 0 Å². The molecule has 2 atom stereocenters. The van der Waals surface area contributed by atoms with Crippen LogP contribution in [0.5, 0.6) is 0 Å². The highest BCUT2D eigenvalue weighted by molar-refractivity contribution is 7.74. The highest BCUT2D eigenvalue weighted by Crippen LogP contribution is 2.45. The zero-order valence-electron chi connectivity index (χ0n) is 18.2. The molecule has 0 bridgehead atoms. The summed E-state index contributed by atoms with van der Waals surface area (Å²) >= 11 is 0. The van der Waals surface area contributed by atoms with Gasteiger partial charge in [0, 0.05) is 18.2 Å². The lowest BCUT2D eigenvalue weighted by molar-refractivity contribution is 0.672. The maximum Gasteiger partial charge on any atom is 0.0119 e. The van der Waals surface area contributed by atoms with Crippen molar-refractivity contribution >= 4 is 37.1 Å². The molecule has 0 radical (unpaired) electrons. The summed E-state index contributed by atoms with van der Waals surface area (Å²) in [6.45, 7) is 1.10. The summed E-state index contributed by atoms with van der Waals surface area (Å²) in [7, 11) is -0.731. The predicted molar refractivity (Wildman–Crippen MR) is 143 cm³/mol. The third-order valence-electron chi connectivity index (χ3n) is 6.17. The van der Waals surface area contributed by atoms with Crippen molar-refractivity contribution in [2.45, 2.75) is 18.1 Å². The molecule has 0 spiro atoms. The van der Waals surface area contributed by atoms with Crippen molar-refractivity contribution in [1.82, 2.24) is 5.32 Å². The van der Waals surface area contributed by atoms with E-state index in [1.165, 1.54) is 33.8 Å². The Labute approximate surface area is 194 Å². The van der Waals surface area contributed by atoms with Gasteiger partial charge in [0.15, 0.2) is 0 Å². The van der Waals surface area contributed by atoms with Gasteiger partial charge in [0.05, 0.1) is 0 Å². The molecule has 1 aliphatic heterocycles. The molecule has 4 aromatic rings. The van der Waals surface area contributed by atoms with Gasteiger partial charge in [0.25, 0.3) is 0 Å². The highest BCUT2D eigenvalue weighted by atomic mass is 31.1. The molecule has 1 fully saturated rings. The molecular weight excluding hydrogens is 424 g/mol. The first-order chi connectivity index (χ1) is 15.9. The summed E-state index contributed by atoms with van der Waals surface area (Å²) in [6, 6.07) is 45.1. The maximum absolute atomic E-state index is 3.93. The Morgan fingerprint density at radius 3 is 1.41 bits per heavy atom. The van der Waals surface area contributed by atoms with E-state index in [1.54, 1.807) is 0 Å². The lowest BCUT2D eigenvalue weighted by Crippen LogP contribution is -2.28. The van der Waals surface area contributed by atoms with Gasteiger partial charge in [0.1, 0.15) is 0 Å². The van der Waals surface area contributed by atoms with Gasteiger partial charge in [-0.2, -0.15) is 0 Å². The average molecular weight is 454 g/mol. The lowest BCUT2D eigenvalue weighted by atomic mass is 10.2. The van der Waals surface area contributed by atoms with Gasteiger partial charge in [-0.15, -0.1) is 0 Å². The molecule has 160 valence electrons. The zero-order chi connectivity index (χ0) is 21.6. The first-order valence-corrected chi connectivity index (χ1v) is 14.3. The quantitative estimate of drug-likeness (QED) is 0.389. The monoisotopic (exact) mass is 453 g/mol. The van der Waals surface area contributed by atoms with Crippen LogP contribution >= 0.6 is 15.8 Å². The van der Waals surface area contributed by atoms with Crippen molar-refractivity contribution in [2.24, 2.45) is 0 Å². The minimum atomic E-state index is -0.367. The zero-order valence-corrected chi connectivity index (χ0v) is 20.0. The SMILES string of the molecule is c1ccc(P(C[C@@H]2C[C@@H](P(c3ccccc3)c3ccccc3)CN2)c2ccccc2)cc1. The van der Waals surface area contributed by atoms with Gasteiger partial charge < -0.3 is 5.32 Å². The van der Waals surface area contributed by atoms with Gasteiger partial charge in [-0.1, -0.05) is 121 Å². The Kier molecular flexibility index (Phi) is 7.10. The van der Waals surface area contributed by atoms with Crippen LogP contribution in [0.3, 0.4) is 0 Å². The molecule has 5 rings (SSSR count). The molecule has 1 nitrogen and oxygen atoms in total. The first kappa shape index (κ1) is 21.5. The van der Waals surface area contributed by atoms with Crippen molar-refractivity contribution < 1.29 is 0 Å². The van der Waals surface area contributed by atoms with Crippen molar-refractivity contribution in [3.05, 3.63) is 121 Å². The van der Waals surface area contributed by atoms with Gasteiger partial charge >= 0.3 is 0 Å². The Hall–Kier alpha value is -2.30. The molecular formula is C29H29NP2. The third kappa shape index (κ3) is 5.02. The minimum absolute atomic E-state index is 0.364. The van der Waals surface area contributed by atoms with E-state index in [4.69, 9.17) is 0 Å². The molecule has 1 saturated heterocycles. The number of nitrogens with one attached hydrogen (secondary N) is 1. The van der Waals surface area contributed by atoms with Crippen LogP contribution < -0.4 is 26.5 Å². The van der Waals surface area contributed by atoms with Crippen LogP contribution in [0.15, 0.2) is 121 Å². The van der Waals surface area contributed by atoms with Gasteiger partial charge in [-0.05, 0) is 49.6 Å². The molecule has 0 aromatic heterocycles. The smallest absolute Gasteiger partial charge is 0.0119 e. The third-order valence-corrected chi connectivity index (χ3v) is 11.7. The Morgan fingerprint density at radius 1 is 0.562 bits per heavy atom. The van der Waals surface area contributed by atoms with Crippen LogP contribution in [0.25, 0.3) is 0 Å². The summed E-state index contributed by atoms with van der Waals surface area (Å²) in [5, 5.41) is 9.88. The fourth-order valence-corrected chi connectivity index (χ4v) is 10.1. The lowest BCUT2D eigenvalue weighted by Gasteiger charge is -2.26. The van der Waals surface area contributed by atoms with Crippen molar-refractivity contribution in [3.8, 4) is 0 Å². The van der Waals surface area contributed by atoms with Crippen LogP contribution in [0.1, 0.15) is 6.42 Å². The van der Waals surface area contributed by atoms with Crippen molar-refractivity contribution in [2.75, 3.05) is 12.7 Å². The second-order valence-electron chi connectivity index (χ2n) is 8.32. The number of hydrogen-bond donors (Lipinski definition) is 1. The van der Waals surface area contributed by atoms with Gasteiger partial charge in [-0.3, -0.25) is 0 Å². The predicted octanol–water partition coefficient (Wildman–Crippen LogP) is 4.98. The van der Waals surface area contributed by atoms with E-state index in [1.807, 2.05) is 0 Å². The van der Waals surface area contributed by atoms with Crippen molar-refractivity contribution in [1.29, 1.82) is 0 Å². The largest absolute Gasteiger partial charge is 0.313 e. The van der Waals surface area contributed by atoms with Gasteiger partial charge in [-0.25, -0.2) is 0 Å². The number of rotatable bonds is 7. The van der Waals surface area contributed by atoms with Crippen LogP contribution in [-0.2, 0) is 0 Å². The van der Waals surface area contributed by atoms with Crippen LogP contribution in [-0.4, -0.2) is 24.4 Å². The van der Waals surface area contributed by atoms with E-state index in [0.29, 0.717) is 11.7 Å². The second kappa shape index (κ2) is 10.5. The molecule has 1 N–H and O–H groups in total. The van der Waals surface area contributed by atoms with E-state index >= 15 is 0 Å². The molecule has 0 unspecified atom stereocenters. The highest BCUT2D eigenvalue weighted by Gasteiger charge is 2.33. The molecule has 0 aliphatic carbocycles. The molecule has 1 heterocycles. The summed E-state index contributed by atoms with van der Waals surface area (Å²) in [4.78, 5) is 0. The molecule has 0 saturated carbocycles. The Morgan fingerprint density at radius 2 is 0.969 bits per heavy atom. The van der Waals surface area contributed by atoms with Crippen LogP contribution in [0.2, 0.25) is 0 Å². The second-order valence-corrected chi connectivity index (χ2v) is 13.1. The van der Waals surface area contributed by atoms with E-state index < -0.39 is 0 Å². The minimum Gasteiger partial charge on any atom is -0.313 e. The molecule has 1 aliphatic rings. The maximum atomic E-state index is 3.93. The Bertz CT molecular complexity index is 1010. The molecule has 32 heavy (non-hydrogen) atoms. The topological polar surface area (TPSA) is 12.0 Å².